The second kappa shape index (κ2) is 7.63. The van der Waals surface area contributed by atoms with Crippen LogP contribution in [0.4, 0.5) is 10.7 Å². The quantitative estimate of drug-likeness (QED) is 0.617. The van der Waals surface area contributed by atoms with Crippen molar-refractivity contribution in [3.05, 3.63) is 54.6 Å². The van der Waals surface area contributed by atoms with Gasteiger partial charge in [-0.05, 0) is 25.1 Å². The van der Waals surface area contributed by atoms with E-state index < -0.39 is 17.5 Å². The molecule has 1 atom stereocenters. The summed E-state index contributed by atoms with van der Waals surface area (Å²) in [5.74, 6) is 0.168. The van der Waals surface area contributed by atoms with Gasteiger partial charge in [-0.3, -0.25) is 14.5 Å². The Bertz CT molecular complexity index is 1150. The van der Waals surface area contributed by atoms with E-state index in [-0.39, 0.29) is 12.5 Å². The lowest BCUT2D eigenvalue weighted by Gasteiger charge is -2.35. The van der Waals surface area contributed by atoms with Crippen molar-refractivity contribution in [3.63, 3.8) is 0 Å². The minimum atomic E-state index is -1.36. The van der Waals surface area contributed by atoms with Crippen LogP contribution in [0.1, 0.15) is 12.7 Å². The second-order valence-electron chi connectivity index (χ2n) is 8.01. The molecule has 0 saturated carbocycles. The number of carbonyl (C=O) groups excluding carboxylic acids is 3. The van der Waals surface area contributed by atoms with Crippen LogP contribution in [0, 0.1) is 0 Å². The first-order valence-corrected chi connectivity index (χ1v) is 10.4. The summed E-state index contributed by atoms with van der Waals surface area (Å²) >= 11 is 0. The standard InChI is InChI=1S/C22H22N6O4/c1-22(17-13-15-5-2-3-6-16(15)32-17)19(30)28(21(31)25-22)14-18(29)26-9-11-27(12-10-26)20-23-7-4-8-24-20/h2-8,13H,9-12,14H2,1H3,(H,25,31)/t22-/m0/s1. The number of para-hydroxylation sites is 1. The van der Waals surface area contributed by atoms with Gasteiger partial charge in [0, 0.05) is 44.0 Å². The van der Waals surface area contributed by atoms with Gasteiger partial charge in [-0.2, -0.15) is 0 Å². The van der Waals surface area contributed by atoms with Crippen LogP contribution in [0.25, 0.3) is 11.0 Å². The van der Waals surface area contributed by atoms with Crippen LogP contribution in [0.2, 0.25) is 0 Å². The fraction of sp³-hybridized carbons (Fsp3) is 0.318. The third kappa shape index (κ3) is 3.33. The topological polar surface area (TPSA) is 112 Å². The molecule has 2 saturated heterocycles. The molecule has 2 fully saturated rings. The molecule has 0 radical (unpaired) electrons. The number of rotatable bonds is 4. The molecule has 2 aliphatic rings. The molecule has 1 N–H and O–H groups in total. The third-order valence-corrected chi connectivity index (χ3v) is 5.95. The van der Waals surface area contributed by atoms with E-state index in [1.807, 2.05) is 23.1 Å². The van der Waals surface area contributed by atoms with Crippen molar-refractivity contribution in [2.75, 3.05) is 37.6 Å². The number of furan rings is 1. The predicted octanol–water partition coefficient (Wildman–Crippen LogP) is 1.34. The smallest absolute Gasteiger partial charge is 0.325 e. The van der Waals surface area contributed by atoms with Crippen LogP contribution < -0.4 is 10.2 Å². The van der Waals surface area contributed by atoms with Gasteiger partial charge in [0.15, 0.2) is 5.54 Å². The van der Waals surface area contributed by atoms with Crippen molar-refractivity contribution < 1.29 is 18.8 Å². The number of piperazine rings is 1. The molecule has 3 aromatic rings. The number of aromatic nitrogens is 2. The van der Waals surface area contributed by atoms with E-state index in [1.54, 1.807) is 42.4 Å². The minimum Gasteiger partial charge on any atom is -0.458 e. The summed E-state index contributed by atoms with van der Waals surface area (Å²) in [5.41, 5.74) is -0.736. The zero-order valence-electron chi connectivity index (χ0n) is 17.5. The van der Waals surface area contributed by atoms with Gasteiger partial charge in [0.05, 0.1) is 0 Å². The Kier molecular flexibility index (Phi) is 4.76. The summed E-state index contributed by atoms with van der Waals surface area (Å²) in [6.45, 7) is 3.35. The lowest BCUT2D eigenvalue weighted by atomic mass is 9.99. The van der Waals surface area contributed by atoms with Gasteiger partial charge in [0.25, 0.3) is 5.91 Å². The molecule has 1 aromatic carbocycles. The number of imide groups is 1. The van der Waals surface area contributed by atoms with Crippen molar-refractivity contribution in [2.24, 2.45) is 0 Å². The number of hydrogen-bond acceptors (Lipinski definition) is 7. The molecule has 0 bridgehead atoms. The number of anilines is 1. The van der Waals surface area contributed by atoms with E-state index in [0.717, 1.165) is 10.3 Å². The zero-order valence-corrected chi connectivity index (χ0v) is 17.5. The maximum atomic E-state index is 13.2. The van der Waals surface area contributed by atoms with Gasteiger partial charge < -0.3 is 19.5 Å². The molecule has 2 aliphatic heterocycles. The summed E-state index contributed by atoms with van der Waals surface area (Å²) in [5, 5.41) is 3.53. The number of nitrogens with zero attached hydrogens (tertiary/aromatic N) is 5. The number of amides is 4. The minimum absolute atomic E-state index is 0.281. The van der Waals surface area contributed by atoms with E-state index in [9.17, 15) is 14.4 Å². The molecular formula is C22H22N6O4. The first kappa shape index (κ1) is 20.0. The van der Waals surface area contributed by atoms with Gasteiger partial charge in [0.1, 0.15) is 17.9 Å². The third-order valence-electron chi connectivity index (χ3n) is 5.95. The van der Waals surface area contributed by atoms with Crippen LogP contribution in [0.15, 0.2) is 53.2 Å². The first-order chi connectivity index (χ1) is 15.5. The van der Waals surface area contributed by atoms with Gasteiger partial charge in [-0.25, -0.2) is 14.8 Å². The van der Waals surface area contributed by atoms with Crippen LogP contribution >= 0.6 is 0 Å². The Morgan fingerprint density at radius 2 is 1.81 bits per heavy atom. The monoisotopic (exact) mass is 434 g/mol. The highest BCUT2D eigenvalue weighted by atomic mass is 16.3. The number of urea groups is 1. The first-order valence-electron chi connectivity index (χ1n) is 10.4. The molecule has 0 aliphatic carbocycles. The lowest BCUT2D eigenvalue weighted by molar-refractivity contribution is -0.139. The Morgan fingerprint density at radius 1 is 1.09 bits per heavy atom. The van der Waals surface area contributed by atoms with Gasteiger partial charge in [-0.15, -0.1) is 0 Å². The Hall–Kier alpha value is -3.95. The Labute approximate surface area is 183 Å². The highest BCUT2D eigenvalue weighted by Crippen LogP contribution is 2.33. The molecular weight excluding hydrogens is 412 g/mol. The summed E-state index contributed by atoms with van der Waals surface area (Å²) in [7, 11) is 0. The Morgan fingerprint density at radius 3 is 2.53 bits per heavy atom. The molecule has 164 valence electrons. The fourth-order valence-corrected chi connectivity index (χ4v) is 4.08. The van der Waals surface area contributed by atoms with E-state index in [1.165, 1.54) is 0 Å². The van der Waals surface area contributed by atoms with Crippen LogP contribution in [0.3, 0.4) is 0 Å². The van der Waals surface area contributed by atoms with Crippen molar-refractivity contribution in [1.29, 1.82) is 0 Å². The number of fused-ring (bicyclic) bond motifs is 1. The molecule has 0 unspecified atom stereocenters. The van der Waals surface area contributed by atoms with E-state index in [4.69, 9.17) is 4.42 Å². The highest BCUT2D eigenvalue weighted by Gasteiger charge is 2.52. The number of carbonyl (C=O) groups is 3. The maximum absolute atomic E-state index is 13.2. The largest absolute Gasteiger partial charge is 0.458 e. The maximum Gasteiger partial charge on any atom is 0.325 e. The molecule has 10 heteroatoms. The van der Waals surface area contributed by atoms with Crippen LogP contribution in [0.5, 0.6) is 0 Å². The van der Waals surface area contributed by atoms with Gasteiger partial charge in [0.2, 0.25) is 11.9 Å². The molecule has 4 amide bonds. The van der Waals surface area contributed by atoms with Crippen LogP contribution in [-0.4, -0.2) is 70.3 Å². The van der Waals surface area contributed by atoms with Crippen molar-refractivity contribution in [1.82, 2.24) is 25.1 Å². The average Bonchev–Trinajstić information content (AvgIpc) is 3.35. The zero-order chi connectivity index (χ0) is 22.3. The Balaban J connectivity index is 1.26. The fourth-order valence-electron chi connectivity index (χ4n) is 4.08. The van der Waals surface area contributed by atoms with Gasteiger partial charge in [-0.1, -0.05) is 18.2 Å². The molecule has 2 aromatic heterocycles. The summed E-state index contributed by atoms with van der Waals surface area (Å²) in [6, 6.07) is 10.3. The van der Waals surface area contributed by atoms with E-state index in [0.29, 0.717) is 43.5 Å². The van der Waals surface area contributed by atoms with E-state index >= 15 is 0 Å². The molecule has 4 heterocycles. The van der Waals surface area contributed by atoms with Crippen molar-refractivity contribution in [2.45, 2.75) is 12.5 Å². The summed E-state index contributed by atoms with van der Waals surface area (Å²) < 4.78 is 5.82. The molecule has 10 nitrogen and oxygen atoms in total. The molecule has 5 rings (SSSR count). The summed E-state index contributed by atoms with van der Waals surface area (Å²) in [4.78, 5) is 51.7. The number of nitrogens with one attached hydrogen (secondary N) is 1. The SMILES string of the molecule is C[C@@]1(c2cc3ccccc3o2)NC(=O)N(CC(=O)N2CCN(c3ncccn3)CC2)C1=O. The molecule has 0 spiro atoms. The van der Waals surface area contributed by atoms with Crippen molar-refractivity contribution in [3.8, 4) is 0 Å². The highest BCUT2D eigenvalue weighted by molar-refractivity contribution is 6.09. The summed E-state index contributed by atoms with van der Waals surface area (Å²) in [6.07, 6.45) is 3.35. The number of benzene rings is 1. The normalized spacial score (nSPS) is 21.3. The lowest BCUT2D eigenvalue weighted by Crippen LogP contribution is -2.52. The average molecular weight is 434 g/mol. The predicted molar refractivity (Wildman–Crippen MR) is 115 cm³/mol. The number of hydrogen-bond donors (Lipinski definition) is 1. The van der Waals surface area contributed by atoms with Gasteiger partial charge >= 0.3 is 6.03 Å². The second-order valence-corrected chi connectivity index (χ2v) is 8.01. The molecule has 32 heavy (non-hydrogen) atoms. The van der Waals surface area contributed by atoms with Crippen molar-refractivity contribution >= 4 is 34.8 Å². The van der Waals surface area contributed by atoms with E-state index in [2.05, 4.69) is 15.3 Å². The van der Waals surface area contributed by atoms with Crippen LogP contribution in [-0.2, 0) is 15.1 Å².